The van der Waals surface area contributed by atoms with Crippen molar-refractivity contribution < 1.29 is 24.2 Å². The molecule has 3 amide bonds. The van der Waals surface area contributed by atoms with Crippen molar-refractivity contribution in [1.82, 2.24) is 14.7 Å². The van der Waals surface area contributed by atoms with E-state index in [0.29, 0.717) is 45.8 Å². The second kappa shape index (κ2) is 14.7. The summed E-state index contributed by atoms with van der Waals surface area (Å²) in [5.41, 5.74) is 0.749. The minimum atomic E-state index is -0.803. The van der Waals surface area contributed by atoms with Crippen LogP contribution in [0.2, 0.25) is 0 Å². The van der Waals surface area contributed by atoms with Crippen LogP contribution in [0.3, 0.4) is 0 Å². The fourth-order valence-corrected chi connectivity index (χ4v) is 11.3. The highest BCUT2D eigenvalue weighted by atomic mass is 79.9. The zero-order valence-corrected chi connectivity index (χ0v) is 28.8. The molecule has 4 aliphatic heterocycles. The van der Waals surface area contributed by atoms with Gasteiger partial charge in [-0.3, -0.25) is 19.3 Å². The van der Waals surface area contributed by atoms with Gasteiger partial charge in [0.1, 0.15) is 6.04 Å². The monoisotopic (exact) mass is 702 g/mol. The Labute approximate surface area is 280 Å². The van der Waals surface area contributed by atoms with Gasteiger partial charge in [-0.1, -0.05) is 66.5 Å². The molecule has 5 rings (SSSR count). The van der Waals surface area contributed by atoms with E-state index in [9.17, 15) is 19.5 Å². The third kappa shape index (κ3) is 6.27. The third-order valence-corrected chi connectivity index (χ3v) is 13.4. The molecule has 1 N–H and O–H groups in total. The van der Waals surface area contributed by atoms with Gasteiger partial charge in [0.25, 0.3) is 0 Å². The quantitative estimate of drug-likeness (QED) is 0.235. The number of nitrogens with zero attached hydrogens (tertiary/aromatic N) is 4. The molecule has 4 fully saturated rings. The van der Waals surface area contributed by atoms with Crippen LogP contribution in [0.15, 0.2) is 55.6 Å². The zero-order valence-electron chi connectivity index (χ0n) is 26.4. The van der Waals surface area contributed by atoms with E-state index in [1.165, 1.54) is 0 Å². The fraction of sp³-hybridized carbons (Fsp3) is 0.618. The molecule has 0 saturated carbocycles. The van der Waals surface area contributed by atoms with Crippen LogP contribution in [0.4, 0.5) is 5.69 Å². The SMILES string of the molecule is C=CCN(CCN1CCOCC1)C(=O)C1N([C@@H](CO)[C@@H](C)CC)C(=O)[C@@H]2[C@@H](C(=O)N(CC=C)c3ccccc3)[C@@H]3SC12CC3Br. The van der Waals surface area contributed by atoms with Gasteiger partial charge in [-0.2, -0.15) is 0 Å². The van der Waals surface area contributed by atoms with Crippen molar-refractivity contribution in [2.45, 2.75) is 53.6 Å². The van der Waals surface area contributed by atoms with E-state index < -0.39 is 28.7 Å². The van der Waals surface area contributed by atoms with Gasteiger partial charge in [0.2, 0.25) is 17.7 Å². The van der Waals surface area contributed by atoms with E-state index >= 15 is 0 Å². The lowest BCUT2D eigenvalue weighted by molar-refractivity contribution is -0.147. The smallest absolute Gasteiger partial charge is 0.247 e. The van der Waals surface area contributed by atoms with Gasteiger partial charge in [0, 0.05) is 55.0 Å². The third-order valence-electron chi connectivity index (χ3n) is 10.2. The molecule has 2 bridgehead atoms. The predicted octanol–water partition coefficient (Wildman–Crippen LogP) is 3.42. The van der Waals surface area contributed by atoms with E-state index in [1.54, 1.807) is 33.7 Å². The van der Waals surface area contributed by atoms with Gasteiger partial charge < -0.3 is 24.5 Å². The number of rotatable bonds is 14. The van der Waals surface area contributed by atoms with Crippen LogP contribution in [0, 0.1) is 17.8 Å². The van der Waals surface area contributed by atoms with Crippen molar-refractivity contribution in [2.75, 3.05) is 64.0 Å². The summed E-state index contributed by atoms with van der Waals surface area (Å²) in [4.78, 5) is 51.7. The number of hydrogen-bond donors (Lipinski definition) is 1. The molecule has 0 aliphatic carbocycles. The van der Waals surface area contributed by atoms with E-state index in [-0.39, 0.29) is 40.3 Å². The van der Waals surface area contributed by atoms with Crippen LogP contribution in [0.5, 0.6) is 0 Å². The first-order valence-electron chi connectivity index (χ1n) is 16.2. The highest BCUT2D eigenvalue weighted by Gasteiger charge is 2.76. The summed E-state index contributed by atoms with van der Waals surface area (Å²) < 4.78 is 4.71. The first-order chi connectivity index (χ1) is 21.7. The molecule has 4 aliphatic rings. The molecule has 246 valence electrons. The molecular weight excluding hydrogens is 656 g/mol. The Hall–Kier alpha value is -2.18. The number of morpholine rings is 1. The molecule has 0 aromatic heterocycles. The van der Waals surface area contributed by atoms with Crippen molar-refractivity contribution in [3.63, 3.8) is 0 Å². The number of benzene rings is 1. The van der Waals surface area contributed by atoms with Crippen LogP contribution < -0.4 is 4.90 Å². The summed E-state index contributed by atoms with van der Waals surface area (Å²) in [6.07, 6.45) is 4.76. The zero-order chi connectivity index (χ0) is 32.3. The van der Waals surface area contributed by atoms with E-state index in [0.717, 1.165) is 25.2 Å². The normalized spacial score (nSPS) is 30.5. The molecule has 45 heavy (non-hydrogen) atoms. The molecular formula is C34H47BrN4O5S. The summed E-state index contributed by atoms with van der Waals surface area (Å²) in [6, 6.07) is 8.14. The minimum Gasteiger partial charge on any atom is -0.394 e. The number of carbonyl (C=O) groups is 3. The van der Waals surface area contributed by atoms with Crippen LogP contribution in [0.1, 0.15) is 26.7 Å². The lowest BCUT2D eigenvalue weighted by atomic mass is 9.70. The Morgan fingerprint density at radius 2 is 1.87 bits per heavy atom. The van der Waals surface area contributed by atoms with E-state index in [2.05, 4.69) is 34.0 Å². The number of hydrogen-bond acceptors (Lipinski definition) is 7. The van der Waals surface area contributed by atoms with Crippen molar-refractivity contribution in [3.05, 3.63) is 55.6 Å². The number of likely N-dealkylation sites (tertiary alicyclic amines) is 1. The second-order valence-corrected chi connectivity index (χ2v) is 15.4. The maximum atomic E-state index is 14.9. The Morgan fingerprint density at radius 1 is 1.18 bits per heavy atom. The average Bonchev–Trinajstić information content (AvgIpc) is 3.65. The van der Waals surface area contributed by atoms with Crippen LogP contribution in [-0.2, 0) is 19.1 Å². The maximum Gasteiger partial charge on any atom is 0.247 e. The molecule has 8 atom stereocenters. The summed E-state index contributed by atoms with van der Waals surface area (Å²) in [5, 5.41) is 10.6. The number of aliphatic hydroxyl groups is 1. The maximum absolute atomic E-state index is 14.9. The number of anilines is 1. The highest BCUT2D eigenvalue weighted by Crippen LogP contribution is 2.68. The Morgan fingerprint density at radius 3 is 2.49 bits per heavy atom. The summed E-state index contributed by atoms with van der Waals surface area (Å²) >= 11 is 5.53. The van der Waals surface area contributed by atoms with Gasteiger partial charge in [0.15, 0.2) is 0 Å². The number of carbonyl (C=O) groups excluding carboxylic acids is 3. The van der Waals surface area contributed by atoms with Crippen molar-refractivity contribution >= 4 is 51.1 Å². The second-order valence-electron chi connectivity index (χ2n) is 12.6. The number of halogens is 1. The molecule has 0 radical (unpaired) electrons. The van der Waals surface area contributed by atoms with Crippen LogP contribution in [-0.4, -0.2) is 124 Å². The highest BCUT2D eigenvalue weighted by molar-refractivity contribution is 9.09. The number of alkyl halides is 1. The topological polar surface area (TPSA) is 93.6 Å². The molecule has 1 aromatic carbocycles. The Balaban J connectivity index is 1.55. The molecule has 4 heterocycles. The first-order valence-corrected chi connectivity index (χ1v) is 18.0. The van der Waals surface area contributed by atoms with E-state index in [4.69, 9.17) is 4.74 Å². The fourth-order valence-electron chi connectivity index (χ4n) is 7.75. The standard InChI is InChI=1S/C34H47BrN4O5S/c1-5-13-37(16-15-36-17-19-44-20-18-36)33(43)30-34-21-25(35)29(45-34)27(28(34)32(42)39(30)26(22-40)23(4)7-3)31(41)38(14-6-2)24-11-9-8-10-12-24/h5-6,8-12,23,25-30,40H,1-2,7,13-22H2,3-4H3/t23-,25?,26-,27+,28-,29+,30?,34?/m0/s1. The van der Waals surface area contributed by atoms with E-state index in [1.807, 2.05) is 49.1 Å². The van der Waals surface area contributed by atoms with Gasteiger partial charge in [-0.25, -0.2) is 0 Å². The lowest BCUT2D eigenvalue weighted by Gasteiger charge is -2.41. The van der Waals surface area contributed by atoms with Gasteiger partial charge in [0.05, 0.1) is 42.4 Å². The molecule has 11 heteroatoms. The number of thioether (sulfide) groups is 1. The Bertz CT molecular complexity index is 1250. The number of amides is 3. The van der Waals surface area contributed by atoms with Crippen molar-refractivity contribution in [2.24, 2.45) is 17.8 Å². The molecule has 9 nitrogen and oxygen atoms in total. The van der Waals surface area contributed by atoms with Gasteiger partial charge >= 0.3 is 0 Å². The molecule has 1 spiro atoms. The average molecular weight is 704 g/mol. The van der Waals surface area contributed by atoms with Crippen molar-refractivity contribution in [1.29, 1.82) is 0 Å². The van der Waals surface area contributed by atoms with Crippen LogP contribution in [0.25, 0.3) is 0 Å². The number of para-hydroxylation sites is 1. The molecule has 3 unspecified atom stereocenters. The number of ether oxygens (including phenoxy) is 1. The minimum absolute atomic E-state index is 0.0385. The number of fused-ring (bicyclic) bond motifs is 1. The summed E-state index contributed by atoms with van der Waals surface area (Å²) in [7, 11) is 0. The molecule has 4 saturated heterocycles. The number of aliphatic hydroxyl groups excluding tert-OH is 1. The predicted molar refractivity (Wildman–Crippen MR) is 182 cm³/mol. The largest absolute Gasteiger partial charge is 0.394 e. The Kier molecular flexibility index (Phi) is 11.2. The van der Waals surface area contributed by atoms with Crippen LogP contribution >= 0.6 is 27.7 Å². The lowest BCUT2D eigenvalue weighted by Crippen LogP contribution is -2.59. The van der Waals surface area contributed by atoms with Gasteiger partial charge in [-0.15, -0.1) is 24.9 Å². The van der Waals surface area contributed by atoms with Crippen molar-refractivity contribution in [3.8, 4) is 0 Å². The summed E-state index contributed by atoms with van der Waals surface area (Å²) in [5.74, 6) is -1.80. The first kappa shape index (κ1) is 34.2. The summed E-state index contributed by atoms with van der Waals surface area (Å²) in [6.45, 7) is 16.4. The van der Waals surface area contributed by atoms with Gasteiger partial charge in [-0.05, 0) is 24.5 Å². The molecule has 1 aromatic rings.